The van der Waals surface area contributed by atoms with Crippen molar-refractivity contribution in [2.75, 3.05) is 13.2 Å². The van der Waals surface area contributed by atoms with Gasteiger partial charge >= 0.3 is 8.80 Å². The molecule has 2 aromatic carbocycles. The summed E-state index contributed by atoms with van der Waals surface area (Å²) >= 11 is 0. The molecule has 0 bridgehead atoms. The molecule has 28 heavy (non-hydrogen) atoms. The van der Waals surface area contributed by atoms with Crippen LogP contribution in [0.2, 0.25) is 0 Å². The second kappa shape index (κ2) is 10.9. The highest BCUT2D eigenvalue weighted by molar-refractivity contribution is 6.75. The van der Waals surface area contributed by atoms with Crippen molar-refractivity contribution in [2.24, 2.45) is 5.41 Å². The minimum atomic E-state index is -3.08. The summed E-state index contributed by atoms with van der Waals surface area (Å²) in [6.07, 6.45) is 3.03. The van der Waals surface area contributed by atoms with E-state index in [9.17, 15) is 0 Å². The molecular formula is C24H36O3Si. The Bertz CT molecular complexity index is 656. The summed E-state index contributed by atoms with van der Waals surface area (Å²) in [7, 11) is -3.08. The molecule has 0 aliphatic carbocycles. The summed E-state index contributed by atoms with van der Waals surface area (Å²) in [6.45, 7) is 11.9. The Balaban J connectivity index is 2.59. The number of hydrogen-bond acceptors (Lipinski definition) is 3. The monoisotopic (exact) mass is 400 g/mol. The third-order valence-electron chi connectivity index (χ3n) is 5.84. The SMILES string of the molecule is CCO[Si](OCC)(OC(c1ccccc1)C(CC)(CC)CC)c1ccccc1. The second-order valence-corrected chi connectivity index (χ2v) is 9.62. The molecule has 0 aliphatic heterocycles. The maximum Gasteiger partial charge on any atom is 0.537 e. The third kappa shape index (κ3) is 4.92. The molecule has 0 aromatic heterocycles. The van der Waals surface area contributed by atoms with Crippen LogP contribution in [0.15, 0.2) is 60.7 Å². The molecule has 154 valence electrons. The molecule has 0 saturated carbocycles. The largest absolute Gasteiger partial charge is 0.537 e. The van der Waals surface area contributed by atoms with Crippen molar-refractivity contribution in [1.29, 1.82) is 0 Å². The molecule has 0 fully saturated rings. The normalized spacial score (nSPS) is 13.5. The van der Waals surface area contributed by atoms with E-state index in [1.807, 2.05) is 32.0 Å². The lowest BCUT2D eigenvalue weighted by molar-refractivity contribution is -0.0305. The zero-order valence-electron chi connectivity index (χ0n) is 18.1. The summed E-state index contributed by atoms with van der Waals surface area (Å²) in [5.41, 5.74) is 1.23. The lowest BCUT2D eigenvalue weighted by Crippen LogP contribution is -2.58. The van der Waals surface area contributed by atoms with Crippen molar-refractivity contribution >= 4 is 14.0 Å². The van der Waals surface area contributed by atoms with E-state index in [1.54, 1.807) is 0 Å². The van der Waals surface area contributed by atoms with Crippen LogP contribution >= 0.6 is 0 Å². The van der Waals surface area contributed by atoms with Gasteiger partial charge in [0.2, 0.25) is 0 Å². The Morgan fingerprint density at radius 2 is 1.18 bits per heavy atom. The van der Waals surface area contributed by atoms with E-state index in [2.05, 4.69) is 63.2 Å². The van der Waals surface area contributed by atoms with Gasteiger partial charge in [0.15, 0.2) is 0 Å². The molecule has 0 heterocycles. The Morgan fingerprint density at radius 1 is 0.714 bits per heavy atom. The number of hydrogen-bond donors (Lipinski definition) is 0. The molecule has 0 spiro atoms. The first kappa shape index (κ1) is 22.8. The van der Waals surface area contributed by atoms with Crippen LogP contribution in [0.25, 0.3) is 0 Å². The third-order valence-corrected chi connectivity index (χ3v) is 8.76. The van der Waals surface area contributed by atoms with Gasteiger partial charge in [0, 0.05) is 18.4 Å². The average Bonchev–Trinajstić information content (AvgIpc) is 2.76. The van der Waals surface area contributed by atoms with Crippen LogP contribution in [0.5, 0.6) is 0 Å². The topological polar surface area (TPSA) is 27.7 Å². The predicted octanol–water partition coefficient (Wildman–Crippen LogP) is 5.88. The van der Waals surface area contributed by atoms with Crippen LogP contribution in [0.4, 0.5) is 0 Å². The highest BCUT2D eigenvalue weighted by Crippen LogP contribution is 2.46. The fraction of sp³-hybridized carbons (Fsp3) is 0.500. The molecule has 4 heteroatoms. The van der Waals surface area contributed by atoms with Gasteiger partial charge in [-0.1, -0.05) is 81.4 Å². The molecule has 1 atom stereocenters. The van der Waals surface area contributed by atoms with E-state index in [-0.39, 0.29) is 11.5 Å². The van der Waals surface area contributed by atoms with Crippen LogP contribution in [0.1, 0.15) is 65.5 Å². The van der Waals surface area contributed by atoms with Gasteiger partial charge < -0.3 is 13.3 Å². The molecule has 0 N–H and O–H groups in total. The molecule has 0 amide bonds. The molecule has 2 rings (SSSR count). The summed E-state index contributed by atoms with van der Waals surface area (Å²) in [5, 5.41) is 1.02. The van der Waals surface area contributed by atoms with Crippen LogP contribution < -0.4 is 5.19 Å². The zero-order chi connectivity index (χ0) is 20.5. The Labute approximate surface area is 172 Å². The highest BCUT2D eigenvalue weighted by Gasteiger charge is 2.49. The minimum absolute atomic E-state index is 0.0303. The number of benzene rings is 2. The van der Waals surface area contributed by atoms with Gasteiger partial charge in [0.05, 0.1) is 6.10 Å². The van der Waals surface area contributed by atoms with Crippen molar-refractivity contribution < 1.29 is 13.3 Å². The highest BCUT2D eigenvalue weighted by atomic mass is 28.4. The molecule has 2 aromatic rings. The van der Waals surface area contributed by atoms with E-state index < -0.39 is 8.80 Å². The summed E-state index contributed by atoms with van der Waals surface area (Å²) in [5.74, 6) is 0. The van der Waals surface area contributed by atoms with Gasteiger partial charge in [-0.2, -0.15) is 0 Å². The van der Waals surface area contributed by atoms with Crippen molar-refractivity contribution in [3.05, 3.63) is 66.2 Å². The lowest BCUT2D eigenvalue weighted by atomic mass is 9.72. The summed E-state index contributed by atoms with van der Waals surface area (Å²) in [6, 6.07) is 20.8. The van der Waals surface area contributed by atoms with Gasteiger partial charge in [-0.25, -0.2) is 0 Å². The van der Waals surface area contributed by atoms with Gasteiger partial charge in [-0.05, 0) is 44.1 Å². The van der Waals surface area contributed by atoms with Crippen molar-refractivity contribution in [2.45, 2.75) is 60.0 Å². The standard InChI is InChI=1S/C24H36O3Si/c1-6-24(7-2,8-3)23(21-17-13-11-14-18-21)27-28(25-9-4,26-10-5)22-19-15-12-16-20-22/h11-20,23H,6-10H2,1-5H3. The van der Waals surface area contributed by atoms with Crippen LogP contribution in [0.3, 0.4) is 0 Å². The van der Waals surface area contributed by atoms with Gasteiger partial charge in [0.1, 0.15) is 0 Å². The molecule has 1 unspecified atom stereocenters. The summed E-state index contributed by atoms with van der Waals surface area (Å²) < 4.78 is 19.7. The zero-order valence-corrected chi connectivity index (χ0v) is 19.1. The number of rotatable bonds is 12. The van der Waals surface area contributed by atoms with Gasteiger partial charge in [-0.3, -0.25) is 0 Å². The molecule has 0 saturated heterocycles. The molecule has 3 nitrogen and oxygen atoms in total. The molecule has 0 aliphatic rings. The predicted molar refractivity (Wildman–Crippen MR) is 119 cm³/mol. The van der Waals surface area contributed by atoms with E-state index in [0.29, 0.717) is 13.2 Å². The first-order valence-electron chi connectivity index (χ1n) is 10.7. The fourth-order valence-corrected chi connectivity index (χ4v) is 6.75. The smallest absolute Gasteiger partial charge is 0.370 e. The Kier molecular flexibility index (Phi) is 8.89. The Hall–Kier alpha value is -1.46. The van der Waals surface area contributed by atoms with Crippen molar-refractivity contribution in [3.8, 4) is 0 Å². The average molecular weight is 401 g/mol. The molecular weight excluding hydrogens is 364 g/mol. The van der Waals surface area contributed by atoms with Gasteiger partial charge in [-0.15, -0.1) is 0 Å². The van der Waals surface area contributed by atoms with Gasteiger partial charge in [0.25, 0.3) is 0 Å². The maximum atomic E-state index is 7.02. The first-order chi connectivity index (χ1) is 13.6. The maximum absolute atomic E-state index is 7.02. The van der Waals surface area contributed by atoms with Crippen LogP contribution in [-0.2, 0) is 13.3 Å². The van der Waals surface area contributed by atoms with Crippen molar-refractivity contribution in [3.63, 3.8) is 0 Å². The van der Waals surface area contributed by atoms with E-state index in [1.165, 1.54) is 5.56 Å². The van der Waals surface area contributed by atoms with Crippen molar-refractivity contribution in [1.82, 2.24) is 0 Å². The van der Waals surface area contributed by atoms with E-state index in [0.717, 1.165) is 24.4 Å². The van der Waals surface area contributed by atoms with Crippen LogP contribution in [0, 0.1) is 5.41 Å². The fourth-order valence-electron chi connectivity index (χ4n) is 4.00. The van der Waals surface area contributed by atoms with E-state index >= 15 is 0 Å². The summed E-state index contributed by atoms with van der Waals surface area (Å²) in [4.78, 5) is 0. The van der Waals surface area contributed by atoms with Crippen LogP contribution in [-0.4, -0.2) is 22.0 Å². The quantitative estimate of drug-likeness (QED) is 0.416. The Morgan fingerprint density at radius 3 is 1.61 bits per heavy atom. The molecule has 0 radical (unpaired) electrons. The van der Waals surface area contributed by atoms with E-state index in [4.69, 9.17) is 13.3 Å². The lowest BCUT2D eigenvalue weighted by Gasteiger charge is -2.43. The first-order valence-corrected chi connectivity index (χ1v) is 12.4. The minimum Gasteiger partial charge on any atom is -0.370 e. The second-order valence-electron chi connectivity index (χ2n) is 7.12.